The maximum Gasteiger partial charge on any atom is 0.252 e. The number of amides is 1. The lowest BCUT2D eigenvalue weighted by molar-refractivity contribution is 0.100. The van der Waals surface area contributed by atoms with Gasteiger partial charge in [-0.15, -0.1) is 0 Å². The number of hydrogen-bond donors (Lipinski definition) is 4. The molecule has 1 unspecified atom stereocenters. The average molecular weight is 247 g/mol. The van der Waals surface area contributed by atoms with E-state index in [9.17, 15) is 4.79 Å². The first kappa shape index (κ1) is 11.8. The van der Waals surface area contributed by atoms with Crippen LogP contribution in [0.15, 0.2) is 18.6 Å². The van der Waals surface area contributed by atoms with E-state index in [1.54, 1.807) is 0 Å². The Kier molecular flexibility index (Phi) is 3.09. The number of H-pyrrole nitrogens is 1. The Morgan fingerprint density at radius 1 is 1.50 bits per heavy atom. The van der Waals surface area contributed by atoms with Crippen LogP contribution in [0.4, 0.5) is 11.5 Å². The summed E-state index contributed by atoms with van der Waals surface area (Å²) in [5.41, 5.74) is 11.4. The van der Waals surface area contributed by atoms with Crippen molar-refractivity contribution < 1.29 is 4.79 Å². The Morgan fingerprint density at radius 3 is 2.89 bits per heavy atom. The number of anilines is 2. The Hall–Kier alpha value is -2.64. The van der Waals surface area contributed by atoms with Crippen LogP contribution in [-0.4, -0.2) is 26.1 Å². The molecule has 18 heavy (non-hydrogen) atoms. The lowest BCUT2D eigenvalue weighted by atomic mass is 10.2. The van der Waals surface area contributed by atoms with E-state index in [-0.39, 0.29) is 11.6 Å². The number of carbonyl (C=O) groups is 1. The highest BCUT2D eigenvalue weighted by molar-refractivity contribution is 5.98. The molecule has 2 heterocycles. The van der Waals surface area contributed by atoms with Gasteiger partial charge in [0.25, 0.3) is 5.91 Å². The van der Waals surface area contributed by atoms with Gasteiger partial charge >= 0.3 is 0 Å². The third kappa shape index (κ3) is 2.37. The van der Waals surface area contributed by atoms with Crippen LogP contribution in [0.3, 0.4) is 0 Å². The highest BCUT2D eigenvalue weighted by atomic mass is 16.1. The predicted octanol–water partition coefficient (Wildman–Crippen LogP) is 0.0539. The number of pyridine rings is 1. The van der Waals surface area contributed by atoms with Crippen LogP contribution < -0.4 is 16.8 Å². The molecule has 0 spiro atoms. The SMILES string of the molecule is CC(Nc1ncc(N)cc1C(N)=O)c1ncn[nH]1. The Labute approximate surface area is 103 Å². The van der Waals surface area contributed by atoms with Gasteiger partial charge in [-0.05, 0) is 13.0 Å². The van der Waals surface area contributed by atoms with Crippen molar-refractivity contribution in [3.63, 3.8) is 0 Å². The van der Waals surface area contributed by atoms with Gasteiger partial charge in [0, 0.05) is 0 Å². The third-order valence-electron chi connectivity index (χ3n) is 2.37. The maximum atomic E-state index is 11.3. The molecular weight excluding hydrogens is 234 g/mol. The fourth-order valence-electron chi connectivity index (χ4n) is 1.48. The second-order valence-corrected chi connectivity index (χ2v) is 3.77. The average Bonchev–Trinajstić information content (AvgIpc) is 2.84. The molecule has 0 bridgehead atoms. The molecule has 2 aromatic rings. The van der Waals surface area contributed by atoms with E-state index in [0.717, 1.165) is 0 Å². The molecule has 1 atom stereocenters. The quantitative estimate of drug-likeness (QED) is 0.603. The van der Waals surface area contributed by atoms with E-state index in [1.807, 2.05) is 6.92 Å². The zero-order valence-electron chi connectivity index (χ0n) is 9.71. The first-order chi connectivity index (χ1) is 8.58. The number of carbonyl (C=O) groups excluding carboxylic acids is 1. The summed E-state index contributed by atoms with van der Waals surface area (Å²) in [4.78, 5) is 19.3. The van der Waals surface area contributed by atoms with Gasteiger partial charge < -0.3 is 16.8 Å². The standard InChI is InChI=1S/C10H13N7O/c1-5(9-14-4-15-17-9)16-10-7(8(12)18)2-6(11)3-13-10/h2-5H,11H2,1H3,(H2,12,18)(H,13,16)(H,14,15,17). The van der Waals surface area contributed by atoms with Gasteiger partial charge in [-0.25, -0.2) is 9.97 Å². The van der Waals surface area contributed by atoms with Crippen LogP contribution >= 0.6 is 0 Å². The highest BCUT2D eigenvalue weighted by Crippen LogP contribution is 2.19. The van der Waals surface area contributed by atoms with Crippen LogP contribution in [-0.2, 0) is 0 Å². The smallest absolute Gasteiger partial charge is 0.252 e. The number of aromatic nitrogens is 4. The second kappa shape index (κ2) is 4.70. The van der Waals surface area contributed by atoms with Crippen molar-refractivity contribution in [1.82, 2.24) is 20.2 Å². The summed E-state index contributed by atoms with van der Waals surface area (Å²) >= 11 is 0. The minimum atomic E-state index is -0.595. The molecule has 0 radical (unpaired) electrons. The number of nitrogens with one attached hydrogen (secondary N) is 2. The van der Waals surface area contributed by atoms with Crippen LogP contribution in [0.25, 0.3) is 0 Å². The highest BCUT2D eigenvalue weighted by Gasteiger charge is 2.14. The molecule has 1 amide bonds. The van der Waals surface area contributed by atoms with Crippen LogP contribution in [0, 0.1) is 0 Å². The van der Waals surface area contributed by atoms with Crippen molar-refractivity contribution in [3.05, 3.63) is 30.0 Å². The summed E-state index contributed by atoms with van der Waals surface area (Å²) in [7, 11) is 0. The number of nitrogen functional groups attached to an aromatic ring is 1. The molecule has 0 aliphatic rings. The molecular formula is C10H13N7O. The van der Waals surface area contributed by atoms with Crippen molar-refractivity contribution >= 4 is 17.4 Å². The fraction of sp³-hybridized carbons (Fsp3) is 0.200. The topological polar surface area (TPSA) is 136 Å². The molecule has 0 saturated carbocycles. The maximum absolute atomic E-state index is 11.3. The van der Waals surface area contributed by atoms with E-state index >= 15 is 0 Å². The molecule has 94 valence electrons. The van der Waals surface area contributed by atoms with Gasteiger partial charge in [0.2, 0.25) is 0 Å². The lowest BCUT2D eigenvalue weighted by Crippen LogP contribution is -2.18. The molecule has 8 nitrogen and oxygen atoms in total. The number of rotatable bonds is 4. The Balaban J connectivity index is 2.26. The van der Waals surface area contributed by atoms with Gasteiger partial charge in [-0.3, -0.25) is 9.89 Å². The Morgan fingerprint density at radius 2 is 2.28 bits per heavy atom. The van der Waals surface area contributed by atoms with Crippen LogP contribution in [0.5, 0.6) is 0 Å². The van der Waals surface area contributed by atoms with E-state index in [2.05, 4.69) is 25.5 Å². The van der Waals surface area contributed by atoms with Crippen LogP contribution in [0.2, 0.25) is 0 Å². The second-order valence-electron chi connectivity index (χ2n) is 3.77. The van der Waals surface area contributed by atoms with Gasteiger partial charge in [-0.2, -0.15) is 5.10 Å². The van der Waals surface area contributed by atoms with Crippen molar-refractivity contribution in [2.24, 2.45) is 5.73 Å². The fourth-order valence-corrected chi connectivity index (χ4v) is 1.48. The van der Waals surface area contributed by atoms with Gasteiger partial charge in [0.15, 0.2) is 0 Å². The lowest BCUT2D eigenvalue weighted by Gasteiger charge is -2.14. The first-order valence-electron chi connectivity index (χ1n) is 5.25. The minimum Gasteiger partial charge on any atom is -0.397 e. The molecule has 6 N–H and O–H groups in total. The summed E-state index contributed by atoms with van der Waals surface area (Å²) in [6, 6.07) is 1.28. The number of hydrogen-bond acceptors (Lipinski definition) is 6. The molecule has 0 aliphatic carbocycles. The van der Waals surface area contributed by atoms with E-state index in [0.29, 0.717) is 17.3 Å². The zero-order valence-corrected chi connectivity index (χ0v) is 9.71. The number of aromatic amines is 1. The van der Waals surface area contributed by atoms with Crippen LogP contribution in [0.1, 0.15) is 29.1 Å². The number of primary amides is 1. The van der Waals surface area contributed by atoms with Crippen molar-refractivity contribution in [2.45, 2.75) is 13.0 Å². The molecule has 0 aliphatic heterocycles. The molecule has 0 aromatic carbocycles. The molecule has 2 rings (SSSR count). The first-order valence-corrected chi connectivity index (χ1v) is 5.25. The van der Waals surface area contributed by atoms with Crippen molar-refractivity contribution in [3.8, 4) is 0 Å². The summed E-state index contributed by atoms with van der Waals surface area (Å²) in [6.45, 7) is 1.85. The molecule has 8 heteroatoms. The normalized spacial score (nSPS) is 12.1. The Bertz CT molecular complexity index is 551. The summed E-state index contributed by atoms with van der Waals surface area (Å²) in [5, 5.41) is 9.49. The molecule has 0 saturated heterocycles. The van der Waals surface area contributed by atoms with Crippen molar-refractivity contribution in [1.29, 1.82) is 0 Å². The summed E-state index contributed by atoms with van der Waals surface area (Å²) in [6.07, 6.45) is 2.85. The van der Waals surface area contributed by atoms with E-state index in [1.165, 1.54) is 18.6 Å². The summed E-state index contributed by atoms with van der Waals surface area (Å²) < 4.78 is 0. The van der Waals surface area contributed by atoms with E-state index in [4.69, 9.17) is 11.5 Å². The van der Waals surface area contributed by atoms with E-state index < -0.39 is 5.91 Å². The largest absolute Gasteiger partial charge is 0.397 e. The zero-order chi connectivity index (χ0) is 13.1. The molecule has 0 fully saturated rings. The van der Waals surface area contributed by atoms with Gasteiger partial charge in [0.1, 0.15) is 18.0 Å². The summed E-state index contributed by atoms with van der Waals surface area (Å²) in [5.74, 6) is 0.395. The van der Waals surface area contributed by atoms with Gasteiger partial charge in [0.05, 0.1) is 23.5 Å². The van der Waals surface area contributed by atoms with Gasteiger partial charge in [-0.1, -0.05) is 0 Å². The monoisotopic (exact) mass is 247 g/mol. The minimum absolute atomic E-state index is 0.193. The number of nitrogens with two attached hydrogens (primary N) is 2. The third-order valence-corrected chi connectivity index (χ3v) is 2.37. The molecule has 2 aromatic heterocycles. The predicted molar refractivity (Wildman–Crippen MR) is 65.6 cm³/mol. The van der Waals surface area contributed by atoms with Crippen molar-refractivity contribution in [2.75, 3.05) is 11.1 Å². The number of nitrogens with zero attached hydrogens (tertiary/aromatic N) is 3.